The second kappa shape index (κ2) is 6.08. The van der Waals surface area contributed by atoms with E-state index in [1.54, 1.807) is 0 Å². The second-order valence-electron chi connectivity index (χ2n) is 5.63. The lowest BCUT2D eigenvalue weighted by Crippen LogP contribution is -2.30. The molecule has 0 saturated heterocycles. The van der Waals surface area contributed by atoms with E-state index in [4.69, 9.17) is 5.11 Å². The van der Waals surface area contributed by atoms with Crippen LogP contribution in [0.2, 0.25) is 0 Å². The van der Waals surface area contributed by atoms with Gasteiger partial charge in [-0.1, -0.05) is 19.8 Å². The van der Waals surface area contributed by atoms with Gasteiger partial charge in [-0.05, 0) is 37.1 Å². The van der Waals surface area contributed by atoms with Gasteiger partial charge < -0.3 is 10.4 Å². The molecule has 2 rings (SSSR count). The summed E-state index contributed by atoms with van der Waals surface area (Å²) in [5.74, 6) is -1.75. The first-order chi connectivity index (χ1) is 9.90. The number of carbonyl (C=O) groups excluding carboxylic acids is 1. The minimum atomic E-state index is -1.15. The lowest BCUT2D eigenvalue weighted by molar-refractivity contribution is -0.131. The molecule has 0 radical (unpaired) electrons. The highest BCUT2D eigenvalue weighted by atomic mass is 19.1. The van der Waals surface area contributed by atoms with Gasteiger partial charge in [-0.3, -0.25) is 4.79 Å². The molecule has 0 spiro atoms. The third-order valence-electron chi connectivity index (χ3n) is 3.91. The Morgan fingerprint density at radius 3 is 2.62 bits per heavy atom. The van der Waals surface area contributed by atoms with Gasteiger partial charge in [0, 0.05) is 22.7 Å². The van der Waals surface area contributed by atoms with Gasteiger partial charge in [0.15, 0.2) is 0 Å². The number of hydrogen-bond acceptors (Lipinski definition) is 2. The average Bonchev–Trinajstić information content (AvgIpc) is 2.87. The molecule has 0 aliphatic heterocycles. The number of halogens is 1. The SMILES string of the molecule is CC1(C(=O)Nc2ccc(F)c(/C=C/C(=O)O)c2)CCCC1. The highest BCUT2D eigenvalue weighted by Crippen LogP contribution is 2.38. The molecule has 0 atom stereocenters. The average molecular weight is 291 g/mol. The quantitative estimate of drug-likeness (QED) is 0.835. The highest BCUT2D eigenvalue weighted by molar-refractivity contribution is 5.95. The van der Waals surface area contributed by atoms with Crippen LogP contribution in [0.1, 0.15) is 38.2 Å². The number of carbonyl (C=O) groups is 2. The van der Waals surface area contributed by atoms with Gasteiger partial charge in [-0.15, -0.1) is 0 Å². The fourth-order valence-electron chi connectivity index (χ4n) is 2.57. The summed E-state index contributed by atoms with van der Waals surface area (Å²) in [5.41, 5.74) is 0.234. The summed E-state index contributed by atoms with van der Waals surface area (Å²) in [4.78, 5) is 22.8. The van der Waals surface area contributed by atoms with Crippen molar-refractivity contribution in [3.05, 3.63) is 35.7 Å². The summed E-state index contributed by atoms with van der Waals surface area (Å²) in [5, 5.41) is 11.4. The molecule has 1 aromatic rings. The predicted octanol–water partition coefficient (Wildman–Crippen LogP) is 3.44. The van der Waals surface area contributed by atoms with E-state index in [9.17, 15) is 14.0 Å². The third kappa shape index (κ3) is 3.68. The van der Waals surface area contributed by atoms with E-state index in [1.807, 2.05) is 6.92 Å². The Kier molecular flexibility index (Phi) is 4.40. The summed E-state index contributed by atoms with van der Waals surface area (Å²) in [6.45, 7) is 1.93. The fraction of sp³-hybridized carbons (Fsp3) is 0.375. The molecule has 0 unspecified atom stereocenters. The minimum absolute atomic E-state index is 0.0697. The van der Waals surface area contributed by atoms with Gasteiger partial charge in [0.2, 0.25) is 5.91 Å². The van der Waals surface area contributed by atoms with E-state index in [-0.39, 0.29) is 16.9 Å². The number of carboxylic acids is 1. The molecule has 1 aliphatic rings. The van der Waals surface area contributed by atoms with Gasteiger partial charge in [-0.25, -0.2) is 9.18 Å². The van der Waals surface area contributed by atoms with Crippen molar-refractivity contribution in [1.29, 1.82) is 0 Å². The molecular weight excluding hydrogens is 273 g/mol. The Morgan fingerprint density at radius 1 is 1.33 bits per heavy atom. The van der Waals surface area contributed by atoms with E-state index in [0.717, 1.165) is 31.8 Å². The maximum Gasteiger partial charge on any atom is 0.328 e. The van der Waals surface area contributed by atoms with E-state index in [0.29, 0.717) is 5.69 Å². The minimum Gasteiger partial charge on any atom is -0.478 e. The lowest BCUT2D eigenvalue weighted by atomic mass is 9.88. The maximum atomic E-state index is 13.6. The van der Waals surface area contributed by atoms with Crippen molar-refractivity contribution < 1.29 is 19.1 Å². The van der Waals surface area contributed by atoms with Crippen LogP contribution >= 0.6 is 0 Å². The Labute approximate surface area is 122 Å². The van der Waals surface area contributed by atoms with Crippen molar-refractivity contribution >= 4 is 23.6 Å². The van der Waals surface area contributed by atoms with Crippen molar-refractivity contribution in [2.75, 3.05) is 5.32 Å². The van der Waals surface area contributed by atoms with Crippen LogP contribution in [0.5, 0.6) is 0 Å². The van der Waals surface area contributed by atoms with Crippen LogP contribution in [0.3, 0.4) is 0 Å². The molecular formula is C16H18FNO3. The first-order valence-corrected chi connectivity index (χ1v) is 6.93. The highest BCUT2D eigenvalue weighted by Gasteiger charge is 2.36. The molecule has 0 heterocycles. The van der Waals surface area contributed by atoms with E-state index in [1.165, 1.54) is 24.3 Å². The largest absolute Gasteiger partial charge is 0.478 e. The first-order valence-electron chi connectivity index (χ1n) is 6.93. The lowest BCUT2D eigenvalue weighted by Gasteiger charge is -2.22. The molecule has 112 valence electrons. The van der Waals surface area contributed by atoms with E-state index < -0.39 is 11.8 Å². The zero-order valence-electron chi connectivity index (χ0n) is 11.9. The molecule has 0 aromatic heterocycles. The standard InChI is InChI=1S/C16H18FNO3/c1-16(8-2-3-9-16)15(21)18-12-5-6-13(17)11(10-12)4-7-14(19)20/h4-7,10H,2-3,8-9H2,1H3,(H,18,21)(H,19,20)/b7-4+. The summed E-state index contributed by atoms with van der Waals surface area (Å²) < 4.78 is 13.6. The number of anilines is 1. The monoisotopic (exact) mass is 291 g/mol. The molecule has 1 saturated carbocycles. The second-order valence-corrected chi connectivity index (χ2v) is 5.63. The number of benzene rings is 1. The predicted molar refractivity (Wildman–Crippen MR) is 78.3 cm³/mol. The number of hydrogen-bond donors (Lipinski definition) is 2. The molecule has 0 bridgehead atoms. The normalized spacial score (nSPS) is 17.0. The molecule has 21 heavy (non-hydrogen) atoms. The zero-order chi connectivity index (χ0) is 15.5. The molecule has 2 N–H and O–H groups in total. The van der Waals surface area contributed by atoms with Crippen molar-refractivity contribution in [3.8, 4) is 0 Å². The maximum absolute atomic E-state index is 13.6. The smallest absolute Gasteiger partial charge is 0.328 e. The molecule has 1 aliphatic carbocycles. The number of nitrogens with one attached hydrogen (secondary N) is 1. The molecule has 5 heteroatoms. The Bertz CT molecular complexity index is 589. The first kappa shape index (κ1) is 15.2. The van der Waals surface area contributed by atoms with Gasteiger partial charge in [0.1, 0.15) is 5.82 Å². The van der Waals surface area contributed by atoms with Crippen molar-refractivity contribution in [2.45, 2.75) is 32.6 Å². The molecule has 1 amide bonds. The Hall–Kier alpha value is -2.17. The van der Waals surface area contributed by atoms with Crippen LogP contribution < -0.4 is 5.32 Å². The van der Waals surface area contributed by atoms with E-state index >= 15 is 0 Å². The Balaban J connectivity index is 2.15. The summed E-state index contributed by atoms with van der Waals surface area (Å²) in [6.07, 6.45) is 5.82. The number of rotatable bonds is 4. The van der Waals surface area contributed by atoms with Crippen LogP contribution in [-0.2, 0) is 9.59 Å². The molecule has 4 nitrogen and oxygen atoms in total. The van der Waals surface area contributed by atoms with Gasteiger partial charge in [0.05, 0.1) is 0 Å². The Morgan fingerprint density at radius 2 is 2.00 bits per heavy atom. The van der Waals surface area contributed by atoms with Crippen molar-refractivity contribution in [1.82, 2.24) is 0 Å². The van der Waals surface area contributed by atoms with Crippen LogP contribution in [0, 0.1) is 11.2 Å². The van der Waals surface area contributed by atoms with Crippen molar-refractivity contribution in [3.63, 3.8) is 0 Å². The number of aliphatic carboxylic acids is 1. The zero-order valence-corrected chi connectivity index (χ0v) is 11.9. The van der Waals surface area contributed by atoms with Crippen molar-refractivity contribution in [2.24, 2.45) is 5.41 Å². The van der Waals surface area contributed by atoms with Crippen LogP contribution in [0.15, 0.2) is 24.3 Å². The summed E-state index contributed by atoms with van der Waals surface area (Å²) in [6, 6.07) is 4.13. The summed E-state index contributed by atoms with van der Waals surface area (Å²) >= 11 is 0. The summed E-state index contributed by atoms with van der Waals surface area (Å²) in [7, 11) is 0. The topological polar surface area (TPSA) is 66.4 Å². The van der Waals surface area contributed by atoms with E-state index in [2.05, 4.69) is 5.32 Å². The van der Waals surface area contributed by atoms with Gasteiger partial charge in [-0.2, -0.15) is 0 Å². The number of carboxylic acid groups (broad SMARTS) is 1. The van der Waals surface area contributed by atoms with Gasteiger partial charge in [0.25, 0.3) is 0 Å². The van der Waals surface area contributed by atoms with Gasteiger partial charge >= 0.3 is 5.97 Å². The third-order valence-corrected chi connectivity index (χ3v) is 3.91. The van der Waals surface area contributed by atoms with Crippen LogP contribution in [-0.4, -0.2) is 17.0 Å². The fourth-order valence-corrected chi connectivity index (χ4v) is 2.57. The molecule has 1 fully saturated rings. The van der Waals surface area contributed by atoms with Crippen LogP contribution in [0.25, 0.3) is 6.08 Å². The van der Waals surface area contributed by atoms with Crippen LogP contribution in [0.4, 0.5) is 10.1 Å². The number of amides is 1. The molecule has 1 aromatic carbocycles.